The average Bonchev–Trinajstić information content (AvgIpc) is 2.06. The molecule has 3 nitrogen and oxygen atoms in total. The van der Waals surface area contributed by atoms with E-state index in [-0.39, 0.29) is 11.9 Å². The minimum absolute atomic E-state index is 0.0260. The van der Waals surface area contributed by atoms with Gasteiger partial charge >= 0.3 is 0 Å². The van der Waals surface area contributed by atoms with Crippen LogP contribution in [0.2, 0.25) is 0 Å². The minimum atomic E-state index is -0.379. The fourth-order valence-corrected chi connectivity index (χ4v) is 1.40. The second-order valence-electron chi connectivity index (χ2n) is 3.44. The molecular weight excluding hydrogens is 152 g/mol. The van der Waals surface area contributed by atoms with Crippen molar-refractivity contribution in [3.8, 4) is 0 Å². The van der Waals surface area contributed by atoms with Gasteiger partial charge in [-0.1, -0.05) is 0 Å². The zero-order valence-corrected chi connectivity index (χ0v) is 7.55. The van der Waals surface area contributed by atoms with Crippen molar-refractivity contribution in [2.75, 3.05) is 0 Å². The summed E-state index contributed by atoms with van der Waals surface area (Å²) in [6.45, 7) is 1.71. The lowest BCUT2D eigenvalue weighted by Crippen LogP contribution is -2.44. The van der Waals surface area contributed by atoms with Gasteiger partial charge in [-0.3, -0.25) is 4.79 Å². The van der Waals surface area contributed by atoms with Crippen molar-refractivity contribution in [3.63, 3.8) is 0 Å². The maximum Gasteiger partial charge on any atom is 0.236 e. The molecule has 1 amide bonds. The summed E-state index contributed by atoms with van der Waals surface area (Å²) in [6, 6.07) is -0.0237. The fourth-order valence-electron chi connectivity index (χ4n) is 1.40. The molecular formula is C9H17N2O. The van der Waals surface area contributed by atoms with Crippen molar-refractivity contribution >= 4 is 5.91 Å². The summed E-state index contributed by atoms with van der Waals surface area (Å²) in [5.41, 5.74) is 5.43. The number of carbonyl (C=O) groups is 1. The van der Waals surface area contributed by atoms with Crippen molar-refractivity contribution < 1.29 is 4.79 Å². The van der Waals surface area contributed by atoms with Crippen molar-refractivity contribution in [1.29, 1.82) is 0 Å². The molecule has 1 radical (unpaired) electrons. The molecule has 0 bridgehead atoms. The molecule has 3 heteroatoms. The standard InChI is InChI=1S/C9H17N2O/c1-7(10)9(12)11-8-5-3-2-4-6-8/h2,7-8H,3-6,10H2,1H3,(H,11,12)/t7-/m1/s1. The van der Waals surface area contributed by atoms with Crippen LogP contribution in [0.3, 0.4) is 0 Å². The maximum atomic E-state index is 11.2. The Bertz CT molecular complexity index is 151. The molecule has 0 aromatic carbocycles. The van der Waals surface area contributed by atoms with Crippen LogP contribution in [0, 0.1) is 6.42 Å². The van der Waals surface area contributed by atoms with E-state index in [1.165, 1.54) is 0 Å². The second-order valence-corrected chi connectivity index (χ2v) is 3.44. The third kappa shape index (κ3) is 2.81. The van der Waals surface area contributed by atoms with Crippen LogP contribution in [-0.2, 0) is 4.79 Å². The largest absolute Gasteiger partial charge is 0.352 e. The Morgan fingerprint density at radius 3 is 2.67 bits per heavy atom. The molecule has 1 atom stereocenters. The Balaban J connectivity index is 2.24. The summed E-state index contributed by atoms with van der Waals surface area (Å²) >= 11 is 0. The number of hydrogen-bond donors (Lipinski definition) is 2. The molecule has 0 heterocycles. The number of rotatable bonds is 2. The van der Waals surface area contributed by atoms with Gasteiger partial charge in [0, 0.05) is 6.04 Å². The molecule has 0 aromatic heterocycles. The summed E-state index contributed by atoms with van der Waals surface area (Å²) < 4.78 is 0. The van der Waals surface area contributed by atoms with Gasteiger partial charge in [-0.15, -0.1) is 0 Å². The summed E-state index contributed by atoms with van der Waals surface area (Å²) in [6.07, 6.45) is 6.64. The zero-order chi connectivity index (χ0) is 8.97. The average molecular weight is 169 g/mol. The van der Waals surface area contributed by atoms with Crippen molar-refractivity contribution in [1.82, 2.24) is 5.32 Å². The predicted octanol–water partition coefficient (Wildman–Crippen LogP) is 0.597. The Morgan fingerprint density at radius 1 is 1.58 bits per heavy atom. The van der Waals surface area contributed by atoms with Crippen LogP contribution >= 0.6 is 0 Å². The quantitative estimate of drug-likeness (QED) is 0.636. The van der Waals surface area contributed by atoms with Crippen LogP contribution in [0.5, 0.6) is 0 Å². The van der Waals surface area contributed by atoms with E-state index in [4.69, 9.17) is 5.73 Å². The van der Waals surface area contributed by atoms with Gasteiger partial charge in [-0.25, -0.2) is 0 Å². The third-order valence-corrected chi connectivity index (χ3v) is 2.20. The predicted molar refractivity (Wildman–Crippen MR) is 48.3 cm³/mol. The molecule has 1 fully saturated rings. The van der Waals surface area contributed by atoms with E-state index in [0.29, 0.717) is 6.04 Å². The molecule has 0 unspecified atom stereocenters. The normalized spacial score (nSPS) is 21.8. The first kappa shape index (κ1) is 9.52. The van der Waals surface area contributed by atoms with E-state index in [1.807, 2.05) is 0 Å². The maximum absolute atomic E-state index is 11.2. The minimum Gasteiger partial charge on any atom is -0.352 e. The zero-order valence-electron chi connectivity index (χ0n) is 7.55. The van der Waals surface area contributed by atoms with Crippen molar-refractivity contribution in [3.05, 3.63) is 6.42 Å². The van der Waals surface area contributed by atoms with E-state index in [0.717, 1.165) is 25.7 Å². The first-order valence-corrected chi connectivity index (χ1v) is 4.58. The van der Waals surface area contributed by atoms with Crippen LogP contribution in [0.1, 0.15) is 32.6 Å². The Kier molecular flexibility index (Phi) is 3.53. The molecule has 1 aliphatic rings. The molecule has 1 rings (SSSR count). The van der Waals surface area contributed by atoms with E-state index in [2.05, 4.69) is 11.7 Å². The Hall–Kier alpha value is -0.570. The second kappa shape index (κ2) is 4.45. The fraction of sp³-hybridized carbons (Fsp3) is 0.778. The van der Waals surface area contributed by atoms with Crippen LogP contribution in [-0.4, -0.2) is 18.0 Å². The molecule has 0 aromatic rings. The summed E-state index contributed by atoms with van der Waals surface area (Å²) in [5.74, 6) is -0.0260. The van der Waals surface area contributed by atoms with Crippen molar-refractivity contribution in [2.45, 2.75) is 44.7 Å². The lowest BCUT2D eigenvalue weighted by molar-refractivity contribution is -0.122. The van der Waals surface area contributed by atoms with Crippen LogP contribution in [0.4, 0.5) is 0 Å². The first-order chi connectivity index (χ1) is 5.70. The molecule has 1 aliphatic carbocycles. The highest BCUT2D eigenvalue weighted by Crippen LogP contribution is 2.16. The molecule has 12 heavy (non-hydrogen) atoms. The number of nitrogens with two attached hydrogens (primary N) is 1. The highest BCUT2D eigenvalue weighted by atomic mass is 16.2. The Labute approximate surface area is 73.7 Å². The lowest BCUT2D eigenvalue weighted by Gasteiger charge is -2.23. The van der Waals surface area contributed by atoms with Crippen LogP contribution in [0.15, 0.2) is 0 Å². The van der Waals surface area contributed by atoms with Gasteiger partial charge in [0.1, 0.15) is 0 Å². The van der Waals surface area contributed by atoms with Gasteiger partial charge in [-0.2, -0.15) is 0 Å². The summed E-state index contributed by atoms with van der Waals surface area (Å²) in [4.78, 5) is 11.2. The SMILES string of the molecule is C[C@@H](N)C(=O)NC1CC[CH]CC1. The molecule has 1 saturated carbocycles. The third-order valence-electron chi connectivity index (χ3n) is 2.20. The van der Waals surface area contributed by atoms with Gasteiger partial charge in [0.2, 0.25) is 5.91 Å². The van der Waals surface area contributed by atoms with Gasteiger partial charge in [0.05, 0.1) is 6.04 Å². The van der Waals surface area contributed by atoms with Gasteiger partial charge < -0.3 is 11.1 Å². The smallest absolute Gasteiger partial charge is 0.236 e. The van der Waals surface area contributed by atoms with Gasteiger partial charge in [-0.05, 0) is 39.0 Å². The summed E-state index contributed by atoms with van der Waals surface area (Å²) in [5, 5.41) is 2.93. The number of carbonyl (C=O) groups excluding carboxylic acids is 1. The Morgan fingerprint density at radius 2 is 2.17 bits per heavy atom. The van der Waals surface area contributed by atoms with Crippen molar-refractivity contribution in [2.24, 2.45) is 5.73 Å². The highest BCUT2D eigenvalue weighted by Gasteiger charge is 2.16. The van der Waals surface area contributed by atoms with Gasteiger partial charge in [0.15, 0.2) is 0 Å². The number of amides is 1. The molecule has 69 valence electrons. The topological polar surface area (TPSA) is 55.1 Å². The lowest BCUT2D eigenvalue weighted by atomic mass is 9.95. The van der Waals surface area contributed by atoms with Crippen LogP contribution in [0.25, 0.3) is 0 Å². The number of hydrogen-bond acceptors (Lipinski definition) is 2. The van der Waals surface area contributed by atoms with Gasteiger partial charge in [0.25, 0.3) is 0 Å². The number of nitrogens with one attached hydrogen (secondary N) is 1. The van der Waals surface area contributed by atoms with E-state index in [9.17, 15) is 4.79 Å². The first-order valence-electron chi connectivity index (χ1n) is 4.58. The van der Waals surface area contributed by atoms with Crippen LogP contribution < -0.4 is 11.1 Å². The molecule has 3 N–H and O–H groups in total. The highest BCUT2D eigenvalue weighted by molar-refractivity contribution is 5.81. The molecule has 0 saturated heterocycles. The monoisotopic (exact) mass is 169 g/mol. The molecule has 0 spiro atoms. The molecule has 0 aliphatic heterocycles. The van der Waals surface area contributed by atoms with E-state index in [1.54, 1.807) is 6.92 Å². The van der Waals surface area contributed by atoms with E-state index >= 15 is 0 Å². The summed E-state index contributed by atoms with van der Waals surface area (Å²) in [7, 11) is 0. The van der Waals surface area contributed by atoms with E-state index < -0.39 is 0 Å².